The zero-order valence-electron chi connectivity index (χ0n) is 10.5. The molecule has 1 rings (SSSR count). The molecule has 0 aromatic heterocycles. The second kappa shape index (κ2) is 7.12. The van der Waals surface area contributed by atoms with Crippen LogP contribution in [0.15, 0.2) is 22.7 Å². The number of halogens is 4. The van der Waals surface area contributed by atoms with Gasteiger partial charge in [0.15, 0.2) is 0 Å². The van der Waals surface area contributed by atoms with Gasteiger partial charge in [0.05, 0.1) is 12.3 Å². The normalized spacial score (nSPS) is 11.7. The van der Waals surface area contributed by atoms with Crippen LogP contribution in [0.2, 0.25) is 0 Å². The van der Waals surface area contributed by atoms with Crippen LogP contribution in [0.3, 0.4) is 0 Å². The Bertz CT molecular complexity index is 412. The van der Waals surface area contributed by atoms with Crippen LogP contribution in [0.4, 0.5) is 18.9 Å². The van der Waals surface area contributed by atoms with E-state index in [1.807, 2.05) is 0 Å². The molecule has 0 spiro atoms. The van der Waals surface area contributed by atoms with Gasteiger partial charge in [-0.1, -0.05) is 6.07 Å². The molecule has 0 saturated heterocycles. The van der Waals surface area contributed by atoms with Gasteiger partial charge in [-0.3, -0.25) is 0 Å². The molecular formula is C12H16BrF3N2O. The topological polar surface area (TPSA) is 35.5 Å². The molecule has 3 nitrogen and oxygen atoms in total. The van der Waals surface area contributed by atoms with Gasteiger partial charge < -0.3 is 15.3 Å². The highest BCUT2D eigenvalue weighted by atomic mass is 79.9. The molecule has 0 aliphatic rings. The summed E-state index contributed by atoms with van der Waals surface area (Å²) in [6.07, 6.45) is -4.31. The summed E-state index contributed by atoms with van der Waals surface area (Å²) < 4.78 is 38.1. The van der Waals surface area contributed by atoms with Crippen molar-refractivity contribution in [3.05, 3.63) is 28.2 Å². The molecule has 0 fully saturated rings. The lowest BCUT2D eigenvalue weighted by atomic mass is 10.2. The fourth-order valence-electron chi connectivity index (χ4n) is 1.74. The van der Waals surface area contributed by atoms with Gasteiger partial charge >= 0.3 is 6.18 Å². The molecule has 0 saturated carbocycles. The first-order valence-electron chi connectivity index (χ1n) is 5.73. The minimum atomic E-state index is -4.31. The van der Waals surface area contributed by atoms with E-state index in [0.717, 1.165) is 10.5 Å². The number of anilines is 1. The molecule has 1 aromatic rings. The number of hydrogen-bond donors (Lipinski definition) is 2. The zero-order chi connectivity index (χ0) is 14.5. The number of hydrogen-bond acceptors (Lipinski definition) is 3. The van der Waals surface area contributed by atoms with E-state index in [4.69, 9.17) is 5.11 Å². The van der Waals surface area contributed by atoms with Gasteiger partial charge in [0.2, 0.25) is 0 Å². The van der Waals surface area contributed by atoms with E-state index >= 15 is 0 Å². The molecule has 0 radical (unpaired) electrons. The standard InChI is InChI=1S/C12H16BrF3N2O/c1-17-7-9-2-3-11(10(13)6-9)18(4-5-19)8-12(14,15)16/h2-3,6,17,19H,4-5,7-8H2,1H3. The van der Waals surface area contributed by atoms with Crippen LogP contribution < -0.4 is 10.2 Å². The SMILES string of the molecule is CNCc1ccc(N(CCO)CC(F)(F)F)c(Br)c1. The van der Waals surface area contributed by atoms with Crippen molar-refractivity contribution in [3.63, 3.8) is 0 Å². The Kier molecular flexibility index (Phi) is 6.09. The van der Waals surface area contributed by atoms with Gasteiger partial charge in [-0.2, -0.15) is 13.2 Å². The number of alkyl halides is 3. The highest BCUT2D eigenvalue weighted by Crippen LogP contribution is 2.29. The van der Waals surface area contributed by atoms with Crippen LogP contribution in [0.1, 0.15) is 5.56 Å². The van der Waals surface area contributed by atoms with Gasteiger partial charge in [0, 0.05) is 17.6 Å². The van der Waals surface area contributed by atoms with Crippen LogP contribution >= 0.6 is 15.9 Å². The van der Waals surface area contributed by atoms with E-state index in [1.54, 1.807) is 25.2 Å². The number of nitrogens with zero attached hydrogens (tertiary/aromatic N) is 1. The summed E-state index contributed by atoms with van der Waals surface area (Å²) >= 11 is 3.28. The summed E-state index contributed by atoms with van der Waals surface area (Å²) in [4.78, 5) is 1.10. The van der Waals surface area contributed by atoms with Gasteiger partial charge in [-0.25, -0.2) is 0 Å². The first-order chi connectivity index (χ1) is 8.87. The molecule has 1 aromatic carbocycles. The van der Waals surface area contributed by atoms with Crippen molar-refractivity contribution < 1.29 is 18.3 Å². The third kappa shape index (κ3) is 5.38. The minimum absolute atomic E-state index is 0.0660. The van der Waals surface area contributed by atoms with Crippen LogP contribution in [0, 0.1) is 0 Å². The molecule has 0 heterocycles. The van der Waals surface area contributed by atoms with Crippen LogP contribution in [0.25, 0.3) is 0 Å². The highest BCUT2D eigenvalue weighted by Gasteiger charge is 2.31. The van der Waals surface area contributed by atoms with E-state index in [2.05, 4.69) is 21.2 Å². The van der Waals surface area contributed by atoms with Crippen molar-refractivity contribution in [2.45, 2.75) is 12.7 Å². The van der Waals surface area contributed by atoms with Gasteiger partial charge in [0.1, 0.15) is 6.54 Å². The third-order valence-corrected chi connectivity index (χ3v) is 3.11. The third-order valence-electron chi connectivity index (χ3n) is 2.47. The molecule has 0 aliphatic carbocycles. The highest BCUT2D eigenvalue weighted by molar-refractivity contribution is 9.10. The Hall–Kier alpha value is -0.790. The number of aliphatic hydroxyl groups is 1. The fraction of sp³-hybridized carbons (Fsp3) is 0.500. The summed E-state index contributed by atoms with van der Waals surface area (Å²) in [6.45, 7) is -0.847. The maximum absolute atomic E-state index is 12.5. The Morgan fingerprint density at radius 2 is 2.05 bits per heavy atom. The maximum atomic E-state index is 12.5. The average molecular weight is 341 g/mol. The first kappa shape index (κ1) is 16.3. The molecule has 108 valence electrons. The second-order valence-electron chi connectivity index (χ2n) is 4.08. The fourth-order valence-corrected chi connectivity index (χ4v) is 2.42. The van der Waals surface area contributed by atoms with E-state index in [0.29, 0.717) is 16.7 Å². The predicted octanol–water partition coefficient (Wildman–Crippen LogP) is 2.53. The smallest absolute Gasteiger partial charge is 0.395 e. The molecule has 0 atom stereocenters. The molecule has 0 aliphatic heterocycles. The molecule has 19 heavy (non-hydrogen) atoms. The predicted molar refractivity (Wildman–Crippen MR) is 72.3 cm³/mol. The Morgan fingerprint density at radius 3 is 2.53 bits per heavy atom. The Balaban J connectivity index is 2.95. The van der Waals surface area contributed by atoms with Crippen molar-refractivity contribution in [2.75, 3.05) is 31.6 Å². The summed E-state index contributed by atoms with van der Waals surface area (Å²) in [5.41, 5.74) is 1.39. The first-order valence-corrected chi connectivity index (χ1v) is 6.52. The quantitative estimate of drug-likeness (QED) is 0.835. The van der Waals surface area contributed by atoms with Gasteiger partial charge in [-0.15, -0.1) is 0 Å². The van der Waals surface area contributed by atoms with Crippen LogP contribution in [-0.4, -0.2) is 38.0 Å². The van der Waals surface area contributed by atoms with E-state index in [-0.39, 0.29) is 13.2 Å². The number of benzene rings is 1. The van der Waals surface area contributed by atoms with Crippen LogP contribution in [0.5, 0.6) is 0 Å². The Morgan fingerprint density at radius 1 is 1.37 bits per heavy atom. The monoisotopic (exact) mass is 340 g/mol. The molecule has 0 bridgehead atoms. The van der Waals surface area contributed by atoms with Crippen molar-refractivity contribution in [3.8, 4) is 0 Å². The van der Waals surface area contributed by atoms with E-state index < -0.39 is 12.7 Å². The van der Waals surface area contributed by atoms with Gasteiger partial charge in [0.25, 0.3) is 0 Å². The molecule has 0 amide bonds. The zero-order valence-corrected chi connectivity index (χ0v) is 12.1. The lowest BCUT2D eigenvalue weighted by Crippen LogP contribution is -2.36. The maximum Gasteiger partial charge on any atom is 0.405 e. The second-order valence-corrected chi connectivity index (χ2v) is 4.93. The lowest BCUT2D eigenvalue weighted by molar-refractivity contribution is -0.119. The average Bonchev–Trinajstić information content (AvgIpc) is 2.27. The molecular weight excluding hydrogens is 325 g/mol. The van der Waals surface area contributed by atoms with Crippen LogP contribution in [-0.2, 0) is 6.54 Å². The molecule has 0 unspecified atom stereocenters. The molecule has 7 heteroatoms. The van der Waals surface area contributed by atoms with Crippen molar-refractivity contribution in [2.24, 2.45) is 0 Å². The summed E-state index contributed by atoms with van der Waals surface area (Å²) in [6, 6.07) is 5.15. The van der Waals surface area contributed by atoms with E-state index in [1.165, 1.54) is 0 Å². The van der Waals surface area contributed by atoms with Crippen molar-refractivity contribution in [1.29, 1.82) is 0 Å². The number of aliphatic hydroxyl groups excluding tert-OH is 1. The Labute approximate surface area is 118 Å². The largest absolute Gasteiger partial charge is 0.405 e. The lowest BCUT2D eigenvalue weighted by Gasteiger charge is -2.26. The van der Waals surface area contributed by atoms with Gasteiger partial charge in [-0.05, 0) is 40.7 Å². The van der Waals surface area contributed by atoms with E-state index in [9.17, 15) is 13.2 Å². The minimum Gasteiger partial charge on any atom is -0.395 e. The summed E-state index contributed by atoms with van der Waals surface area (Å²) in [7, 11) is 1.80. The summed E-state index contributed by atoms with van der Waals surface area (Å²) in [5.74, 6) is 0. The van der Waals surface area contributed by atoms with Crippen molar-refractivity contribution in [1.82, 2.24) is 5.32 Å². The molecule has 2 N–H and O–H groups in total. The summed E-state index contributed by atoms with van der Waals surface area (Å²) in [5, 5.41) is 11.9. The number of nitrogens with one attached hydrogen (secondary N) is 1. The number of rotatable bonds is 6. The van der Waals surface area contributed by atoms with Crippen molar-refractivity contribution >= 4 is 21.6 Å².